The molecule has 0 bridgehead atoms. The second kappa shape index (κ2) is 3.64. The Hall–Kier alpha value is -1.73. The molecular weight excluding hydrogens is 284 g/mol. The summed E-state index contributed by atoms with van der Waals surface area (Å²) in [4.78, 5) is 4.30. The zero-order valence-electron chi connectivity index (χ0n) is 8.98. The number of rotatable bonds is 1. The number of nitrogens with one attached hydrogen (secondary N) is 1. The number of aromatic nitrogens is 4. The molecule has 0 radical (unpaired) electrons. The van der Waals surface area contributed by atoms with Crippen LogP contribution in [-0.2, 0) is 7.05 Å². The van der Waals surface area contributed by atoms with E-state index < -0.39 is 0 Å². The smallest absolute Gasteiger partial charge is 0.258 e. The van der Waals surface area contributed by atoms with E-state index in [0.29, 0.717) is 5.95 Å². The average Bonchev–Trinajstić information content (AvgIpc) is 2.62. The van der Waals surface area contributed by atoms with Gasteiger partial charge in [0, 0.05) is 16.9 Å². The Labute approximate surface area is 105 Å². The summed E-state index contributed by atoms with van der Waals surface area (Å²) in [5.41, 5.74) is 4.97. The Morgan fingerprint density at radius 2 is 2.18 bits per heavy atom. The van der Waals surface area contributed by atoms with Crippen LogP contribution in [0.5, 0.6) is 0 Å². The van der Waals surface area contributed by atoms with Crippen LogP contribution in [-0.4, -0.2) is 19.7 Å². The normalized spacial score (nSPS) is 11.2. The van der Waals surface area contributed by atoms with Gasteiger partial charge in [0.1, 0.15) is 5.52 Å². The number of halogens is 1. The zero-order chi connectivity index (χ0) is 12.0. The Bertz CT molecular complexity index is 719. The largest absolute Gasteiger partial charge is 0.327 e. The highest BCUT2D eigenvalue weighted by atomic mass is 79.9. The molecule has 0 saturated carbocycles. The maximum Gasteiger partial charge on any atom is 0.258 e. The lowest BCUT2D eigenvalue weighted by Crippen LogP contribution is -2.11. The second-order valence-corrected chi connectivity index (χ2v) is 4.59. The molecule has 2 heterocycles. The van der Waals surface area contributed by atoms with Crippen LogP contribution in [0.15, 0.2) is 22.7 Å². The number of hydrazine groups is 1. The molecule has 0 amide bonds. The van der Waals surface area contributed by atoms with E-state index in [1.54, 1.807) is 0 Å². The maximum atomic E-state index is 5.28. The van der Waals surface area contributed by atoms with Crippen molar-refractivity contribution in [2.75, 3.05) is 5.43 Å². The van der Waals surface area contributed by atoms with Crippen LogP contribution in [0.2, 0.25) is 0 Å². The van der Waals surface area contributed by atoms with Gasteiger partial charge in [-0.15, -0.1) is 10.2 Å². The summed E-state index contributed by atoms with van der Waals surface area (Å²) in [7, 11) is 1.94. The third-order valence-corrected chi connectivity index (χ3v) is 3.18. The molecule has 6 nitrogen and oxygen atoms in total. The van der Waals surface area contributed by atoms with Gasteiger partial charge in [-0.3, -0.25) is 5.43 Å². The topological polar surface area (TPSA) is 81.7 Å². The van der Waals surface area contributed by atoms with E-state index in [-0.39, 0.29) is 0 Å². The zero-order valence-corrected chi connectivity index (χ0v) is 10.6. The van der Waals surface area contributed by atoms with E-state index in [4.69, 9.17) is 5.84 Å². The molecule has 0 fully saturated rings. The highest BCUT2D eigenvalue weighted by Crippen LogP contribution is 2.27. The van der Waals surface area contributed by atoms with Crippen molar-refractivity contribution in [2.24, 2.45) is 12.9 Å². The lowest BCUT2D eigenvalue weighted by molar-refractivity contribution is 0.949. The van der Waals surface area contributed by atoms with Gasteiger partial charge in [-0.1, -0.05) is 15.9 Å². The maximum absolute atomic E-state index is 5.28. The summed E-state index contributed by atoms with van der Waals surface area (Å²) in [5, 5.41) is 9.05. The molecule has 0 spiro atoms. The molecule has 2 aromatic heterocycles. The number of fused-ring (bicyclic) bond motifs is 3. The van der Waals surface area contributed by atoms with E-state index >= 15 is 0 Å². The van der Waals surface area contributed by atoms with Crippen LogP contribution >= 0.6 is 15.9 Å². The van der Waals surface area contributed by atoms with Gasteiger partial charge < -0.3 is 4.57 Å². The molecule has 7 heteroatoms. The highest BCUT2D eigenvalue weighted by Gasteiger charge is 2.12. The monoisotopic (exact) mass is 292 g/mol. The van der Waals surface area contributed by atoms with Crippen LogP contribution in [0.3, 0.4) is 0 Å². The van der Waals surface area contributed by atoms with Crippen LogP contribution in [0.4, 0.5) is 5.95 Å². The molecule has 0 aliphatic carbocycles. The fraction of sp³-hybridized carbons (Fsp3) is 0.100. The van der Waals surface area contributed by atoms with Gasteiger partial charge in [-0.2, -0.15) is 4.98 Å². The number of nitrogens with zero attached hydrogens (tertiary/aromatic N) is 4. The number of anilines is 1. The quantitative estimate of drug-likeness (QED) is 0.525. The predicted molar refractivity (Wildman–Crippen MR) is 69.3 cm³/mol. The first-order chi connectivity index (χ1) is 8.20. The Morgan fingerprint density at radius 3 is 2.94 bits per heavy atom. The minimum absolute atomic E-state index is 0.308. The number of hydrogen-bond donors (Lipinski definition) is 2. The van der Waals surface area contributed by atoms with E-state index in [9.17, 15) is 0 Å². The van der Waals surface area contributed by atoms with Crippen molar-refractivity contribution in [3.8, 4) is 0 Å². The lowest BCUT2D eigenvalue weighted by atomic mass is 10.2. The predicted octanol–water partition coefficient (Wildman–Crippen LogP) is 1.56. The van der Waals surface area contributed by atoms with Gasteiger partial charge in [0.15, 0.2) is 5.65 Å². The Morgan fingerprint density at radius 1 is 1.35 bits per heavy atom. The molecule has 0 aliphatic rings. The minimum atomic E-state index is 0.308. The summed E-state index contributed by atoms with van der Waals surface area (Å²) in [6, 6.07) is 6.00. The van der Waals surface area contributed by atoms with E-state index in [1.165, 1.54) is 0 Å². The molecule has 1 aromatic carbocycles. The first-order valence-corrected chi connectivity index (χ1v) is 5.75. The molecule has 0 saturated heterocycles. The molecule has 86 valence electrons. The van der Waals surface area contributed by atoms with Gasteiger partial charge in [-0.25, -0.2) is 5.84 Å². The fourth-order valence-electron chi connectivity index (χ4n) is 1.89. The highest BCUT2D eigenvalue weighted by molar-refractivity contribution is 9.10. The molecule has 3 rings (SSSR count). The molecule has 0 unspecified atom stereocenters. The van der Waals surface area contributed by atoms with Gasteiger partial charge in [0.25, 0.3) is 5.95 Å². The molecule has 17 heavy (non-hydrogen) atoms. The lowest BCUT2D eigenvalue weighted by Gasteiger charge is -1.98. The standard InChI is InChI=1S/C10H9BrN6/c1-17-7-3-2-5(11)4-6(7)8-9(17)13-10(14-12)16-15-8/h2-4H,12H2,1H3,(H,13,14,16). The molecule has 3 aromatic rings. The average molecular weight is 293 g/mol. The van der Waals surface area contributed by atoms with Gasteiger partial charge >= 0.3 is 0 Å². The minimum Gasteiger partial charge on any atom is -0.327 e. The van der Waals surface area contributed by atoms with Crippen molar-refractivity contribution < 1.29 is 0 Å². The number of aryl methyl sites for hydroxylation is 1. The number of nitrogen functional groups attached to an aromatic ring is 1. The third kappa shape index (κ3) is 1.47. The summed E-state index contributed by atoms with van der Waals surface area (Å²) >= 11 is 3.45. The SMILES string of the molecule is Cn1c2ccc(Br)cc2c2nnc(NN)nc21. The van der Waals surface area contributed by atoms with Crippen molar-refractivity contribution in [2.45, 2.75) is 0 Å². The van der Waals surface area contributed by atoms with Crippen molar-refractivity contribution in [3.63, 3.8) is 0 Å². The summed E-state index contributed by atoms with van der Waals surface area (Å²) in [6.07, 6.45) is 0. The number of nitrogens with two attached hydrogens (primary N) is 1. The number of benzene rings is 1. The van der Waals surface area contributed by atoms with Crippen molar-refractivity contribution >= 4 is 43.9 Å². The summed E-state index contributed by atoms with van der Waals surface area (Å²) < 4.78 is 2.97. The number of hydrogen-bond acceptors (Lipinski definition) is 5. The third-order valence-electron chi connectivity index (χ3n) is 2.69. The van der Waals surface area contributed by atoms with Crippen LogP contribution < -0.4 is 11.3 Å². The van der Waals surface area contributed by atoms with Crippen molar-refractivity contribution in [1.82, 2.24) is 19.7 Å². The van der Waals surface area contributed by atoms with Gasteiger partial charge in [-0.05, 0) is 18.2 Å². The van der Waals surface area contributed by atoms with Gasteiger partial charge in [0.05, 0.1) is 5.52 Å². The van der Waals surface area contributed by atoms with Crippen LogP contribution in [0, 0.1) is 0 Å². The first kappa shape index (κ1) is 10.4. The van der Waals surface area contributed by atoms with Crippen molar-refractivity contribution in [3.05, 3.63) is 22.7 Å². The van der Waals surface area contributed by atoms with Crippen LogP contribution in [0.25, 0.3) is 22.1 Å². The summed E-state index contributed by atoms with van der Waals surface area (Å²) in [5.74, 6) is 5.59. The molecule has 3 N–H and O–H groups in total. The fourth-order valence-corrected chi connectivity index (χ4v) is 2.25. The van der Waals surface area contributed by atoms with E-state index in [0.717, 1.165) is 26.5 Å². The van der Waals surface area contributed by atoms with Crippen molar-refractivity contribution in [1.29, 1.82) is 0 Å². The first-order valence-electron chi connectivity index (χ1n) is 4.95. The Kier molecular flexibility index (Phi) is 2.23. The van der Waals surface area contributed by atoms with Crippen LogP contribution in [0.1, 0.15) is 0 Å². The van der Waals surface area contributed by atoms with E-state index in [2.05, 4.69) is 36.5 Å². The van der Waals surface area contributed by atoms with E-state index in [1.807, 2.05) is 29.8 Å². The van der Waals surface area contributed by atoms with Gasteiger partial charge in [0.2, 0.25) is 0 Å². The summed E-state index contributed by atoms with van der Waals surface area (Å²) in [6.45, 7) is 0. The molecule has 0 atom stereocenters. The molecular formula is C10H9BrN6. The molecule has 0 aliphatic heterocycles. The Balaban J connectivity index is 2.49. The second-order valence-electron chi connectivity index (χ2n) is 3.67.